The van der Waals surface area contributed by atoms with Crippen molar-refractivity contribution in [3.63, 3.8) is 0 Å². The fraction of sp³-hybridized carbons (Fsp3) is 0.357. The topological polar surface area (TPSA) is 12.4 Å². The molecule has 0 unspecified atom stereocenters. The Morgan fingerprint density at radius 3 is 2.07 bits per heavy atom. The SMILES string of the molecule is C=Cc1ccccc1N=CC.CC.CC. The van der Waals surface area contributed by atoms with E-state index in [2.05, 4.69) is 11.6 Å². The number of aliphatic imine (C=N–C) groups is 1. The van der Waals surface area contributed by atoms with Crippen LogP contribution in [0.3, 0.4) is 0 Å². The van der Waals surface area contributed by atoms with Gasteiger partial charge in [0, 0.05) is 6.21 Å². The average Bonchev–Trinajstić information content (AvgIpc) is 2.35. The summed E-state index contributed by atoms with van der Waals surface area (Å²) in [5.74, 6) is 0. The highest BCUT2D eigenvalue weighted by Gasteiger charge is 1.91. The van der Waals surface area contributed by atoms with Gasteiger partial charge in [-0.3, -0.25) is 4.99 Å². The molecule has 0 radical (unpaired) electrons. The summed E-state index contributed by atoms with van der Waals surface area (Å²) in [6.45, 7) is 13.6. The number of hydrogen-bond donors (Lipinski definition) is 0. The fourth-order valence-electron chi connectivity index (χ4n) is 0.917. The Morgan fingerprint density at radius 2 is 1.60 bits per heavy atom. The molecule has 0 aliphatic heterocycles. The molecule has 0 N–H and O–H groups in total. The van der Waals surface area contributed by atoms with Gasteiger partial charge in [-0.15, -0.1) is 0 Å². The molecular weight excluding hydrogens is 182 g/mol. The fourth-order valence-corrected chi connectivity index (χ4v) is 0.917. The maximum Gasteiger partial charge on any atom is 0.0697 e. The molecule has 0 aliphatic rings. The first-order chi connectivity index (χ1) is 7.38. The highest BCUT2D eigenvalue weighted by Crippen LogP contribution is 2.18. The van der Waals surface area contributed by atoms with E-state index in [1.807, 2.05) is 65.0 Å². The summed E-state index contributed by atoms with van der Waals surface area (Å²) < 4.78 is 0. The van der Waals surface area contributed by atoms with Crippen molar-refractivity contribution in [2.24, 2.45) is 4.99 Å². The highest BCUT2D eigenvalue weighted by molar-refractivity contribution is 5.68. The Kier molecular flexibility index (Phi) is 13.5. The maximum atomic E-state index is 4.18. The van der Waals surface area contributed by atoms with Crippen LogP contribution in [-0.2, 0) is 0 Å². The standard InChI is InChI=1S/C10H11N.2C2H6/c1-3-9-7-5-6-8-10(9)11-4-2;2*1-2/h3-8H,1H2,2H3;2*1-2H3. The summed E-state index contributed by atoms with van der Waals surface area (Å²) in [4.78, 5) is 4.18. The molecule has 1 aromatic rings. The Bertz CT molecular complexity index is 274. The average molecular weight is 205 g/mol. The third-order valence-electron chi connectivity index (χ3n) is 1.42. The second-order valence-corrected chi connectivity index (χ2v) is 2.15. The van der Waals surface area contributed by atoms with Crippen molar-refractivity contribution in [3.8, 4) is 0 Å². The van der Waals surface area contributed by atoms with E-state index in [0.29, 0.717) is 0 Å². The van der Waals surface area contributed by atoms with E-state index in [1.165, 1.54) is 0 Å². The van der Waals surface area contributed by atoms with Crippen LogP contribution >= 0.6 is 0 Å². The first-order valence-electron chi connectivity index (χ1n) is 5.58. The molecule has 84 valence electrons. The summed E-state index contributed by atoms with van der Waals surface area (Å²) >= 11 is 0. The highest BCUT2D eigenvalue weighted by atomic mass is 14.7. The van der Waals surface area contributed by atoms with E-state index < -0.39 is 0 Å². The number of para-hydroxylation sites is 1. The molecule has 0 bridgehead atoms. The number of rotatable bonds is 2. The molecule has 0 aliphatic carbocycles. The molecule has 0 spiro atoms. The van der Waals surface area contributed by atoms with Gasteiger partial charge in [0.05, 0.1) is 5.69 Å². The zero-order chi connectivity index (χ0) is 12.1. The Hall–Kier alpha value is -1.37. The van der Waals surface area contributed by atoms with Gasteiger partial charge in [0.15, 0.2) is 0 Å². The van der Waals surface area contributed by atoms with E-state index in [1.54, 1.807) is 6.21 Å². The Balaban J connectivity index is 0. The van der Waals surface area contributed by atoms with Crippen LogP contribution in [0, 0.1) is 0 Å². The lowest BCUT2D eigenvalue weighted by Gasteiger charge is -1.96. The van der Waals surface area contributed by atoms with Crippen LogP contribution in [-0.4, -0.2) is 6.21 Å². The molecular formula is C14H23N. The monoisotopic (exact) mass is 205 g/mol. The lowest BCUT2D eigenvalue weighted by Crippen LogP contribution is -1.72. The first-order valence-corrected chi connectivity index (χ1v) is 5.58. The Morgan fingerprint density at radius 1 is 1.07 bits per heavy atom. The minimum absolute atomic E-state index is 0.977. The third kappa shape index (κ3) is 6.67. The van der Waals surface area contributed by atoms with Crippen molar-refractivity contribution >= 4 is 18.0 Å². The summed E-state index contributed by atoms with van der Waals surface area (Å²) in [6, 6.07) is 7.91. The maximum absolute atomic E-state index is 4.18. The molecule has 1 aromatic carbocycles. The van der Waals surface area contributed by atoms with Gasteiger partial charge in [0.25, 0.3) is 0 Å². The number of benzene rings is 1. The van der Waals surface area contributed by atoms with Crippen LogP contribution in [0.15, 0.2) is 35.8 Å². The molecule has 1 nitrogen and oxygen atoms in total. The molecule has 1 heteroatoms. The predicted molar refractivity (Wildman–Crippen MR) is 73.1 cm³/mol. The molecule has 1 rings (SSSR count). The molecule has 0 saturated heterocycles. The zero-order valence-corrected chi connectivity index (χ0v) is 10.6. The predicted octanol–water partition coefficient (Wildman–Crippen LogP) is 5.10. The smallest absolute Gasteiger partial charge is 0.0697 e. The Labute approximate surface area is 94.6 Å². The van der Waals surface area contributed by atoms with Gasteiger partial charge < -0.3 is 0 Å². The minimum atomic E-state index is 0.977. The van der Waals surface area contributed by atoms with Crippen molar-refractivity contribution in [1.82, 2.24) is 0 Å². The second-order valence-electron chi connectivity index (χ2n) is 2.15. The number of nitrogens with zero attached hydrogens (tertiary/aromatic N) is 1. The van der Waals surface area contributed by atoms with Gasteiger partial charge in [-0.05, 0) is 18.6 Å². The van der Waals surface area contributed by atoms with E-state index >= 15 is 0 Å². The first kappa shape index (κ1) is 16.1. The van der Waals surface area contributed by atoms with Gasteiger partial charge in [-0.2, -0.15) is 0 Å². The second kappa shape index (κ2) is 12.6. The van der Waals surface area contributed by atoms with Gasteiger partial charge >= 0.3 is 0 Å². The van der Waals surface area contributed by atoms with Crippen molar-refractivity contribution < 1.29 is 0 Å². The van der Waals surface area contributed by atoms with Gasteiger partial charge in [-0.25, -0.2) is 0 Å². The van der Waals surface area contributed by atoms with E-state index in [-0.39, 0.29) is 0 Å². The molecule has 0 atom stereocenters. The van der Waals surface area contributed by atoms with E-state index in [9.17, 15) is 0 Å². The minimum Gasteiger partial charge on any atom is -0.261 e. The zero-order valence-electron chi connectivity index (χ0n) is 10.6. The van der Waals surface area contributed by atoms with Crippen LogP contribution in [0.5, 0.6) is 0 Å². The molecule has 0 heterocycles. The quantitative estimate of drug-likeness (QED) is 0.595. The summed E-state index contributed by atoms with van der Waals surface area (Å²) in [5.41, 5.74) is 2.05. The van der Waals surface area contributed by atoms with Crippen LogP contribution in [0.1, 0.15) is 40.2 Å². The molecule has 15 heavy (non-hydrogen) atoms. The third-order valence-corrected chi connectivity index (χ3v) is 1.42. The van der Waals surface area contributed by atoms with Gasteiger partial charge in [0.1, 0.15) is 0 Å². The summed E-state index contributed by atoms with van der Waals surface area (Å²) in [7, 11) is 0. The van der Waals surface area contributed by atoms with Gasteiger partial charge in [-0.1, -0.05) is 58.5 Å². The van der Waals surface area contributed by atoms with Crippen LogP contribution < -0.4 is 0 Å². The van der Waals surface area contributed by atoms with Crippen molar-refractivity contribution in [3.05, 3.63) is 36.4 Å². The van der Waals surface area contributed by atoms with Crippen LogP contribution in [0.2, 0.25) is 0 Å². The van der Waals surface area contributed by atoms with Gasteiger partial charge in [0.2, 0.25) is 0 Å². The van der Waals surface area contributed by atoms with E-state index in [4.69, 9.17) is 0 Å². The molecule has 0 amide bonds. The van der Waals surface area contributed by atoms with Crippen LogP contribution in [0.25, 0.3) is 6.08 Å². The lowest BCUT2D eigenvalue weighted by atomic mass is 10.2. The van der Waals surface area contributed by atoms with Crippen molar-refractivity contribution in [2.75, 3.05) is 0 Å². The van der Waals surface area contributed by atoms with Crippen molar-refractivity contribution in [2.45, 2.75) is 34.6 Å². The summed E-state index contributed by atoms with van der Waals surface area (Å²) in [5, 5.41) is 0. The lowest BCUT2D eigenvalue weighted by molar-refractivity contribution is 1.50. The molecule has 0 saturated carbocycles. The largest absolute Gasteiger partial charge is 0.261 e. The number of hydrogen-bond acceptors (Lipinski definition) is 1. The molecule has 0 fully saturated rings. The summed E-state index contributed by atoms with van der Waals surface area (Å²) in [6.07, 6.45) is 3.59. The van der Waals surface area contributed by atoms with Crippen molar-refractivity contribution in [1.29, 1.82) is 0 Å². The van der Waals surface area contributed by atoms with E-state index in [0.717, 1.165) is 11.3 Å². The normalized spacial score (nSPS) is 8.33. The van der Waals surface area contributed by atoms with Crippen LogP contribution in [0.4, 0.5) is 5.69 Å². The molecule has 0 aromatic heterocycles.